The van der Waals surface area contributed by atoms with Crippen molar-refractivity contribution in [2.24, 2.45) is 0 Å². The van der Waals surface area contributed by atoms with Gasteiger partial charge in [0, 0.05) is 0 Å². The molecular formula is C7H14Cl2Sn. The van der Waals surface area contributed by atoms with Crippen LogP contribution in [0.1, 0.15) is 32.1 Å². The molecule has 0 nitrogen and oxygen atoms in total. The number of halogens is 2. The van der Waals surface area contributed by atoms with Gasteiger partial charge in [-0.25, -0.2) is 0 Å². The summed E-state index contributed by atoms with van der Waals surface area (Å²) in [6.07, 6.45) is 6.71. The van der Waals surface area contributed by atoms with Gasteiger partial charge in [0.2, 0.25) is 0 Å². The summed E-state index contributed by atoms with van der Waals surface area (Å²) in [4.78, 5) is 0. The summed E-state index contributed by atoms with van der Waals surface area (Å²) in [5.41, 5.74) is 0. The van der Waals surface area contributed by atoms with Gasteiger partial charge in [-0.2, -0.15) is 0 Å². The van der Waals surface area contributed by atoms with E-state index in [0.29, 0.717) is 0 Å². The normalized spacial score (nSPS) is 27.0. The first-order valence-corrected chi connectivity index (χ1v) is 15.3. The van der Waals surface area contributed by atoms with Crippen molar-refractivity contribution in [2.45, 2.75) is 41.0 Å². The summed E-state index contributed by atoms with van der Waals surface area (Å²) < 4.78 is 2.38. The monoisotopic (exact) mass is 288 g/mol. The summed E-state index contributed by atoms with van der Waals surface area (Å²) in [7, 11) is 12.4. The van der Waals surface area contributed by atoms with Crippen LogP contribution in [0.2, 0.25) is 8.87 Å². The standard InChI is InChI=1S/C7H14.2ClH.Sn/c1-3-5-7-6-4-2;;;/h1-7H2;2*1H;/q;;;+2/p-2. The van der Waals surface area contributed by atoms with Crippen LogP contribution in [-0.4, -0.2) is 16.1 Å². The Balaban J connectivity index is 2.30. The van der Waals surface area contributed by atoms with Crippen LogP contribution in [0.15, 0.2) is 0 Å². The second kappa shape index (κ2) is 4.42. The zero-order valence-electron chi connectivity index (χ0n) is 6.21. The van der Waals surface area contributed by atoms with Crippen molar-refractivity contribution in [1.82, 2.24) is 0 Å². The summed E-state index contributed by atoms with van der Waals surface area (Å²) >= 11 is -2.41. The molecule has 1 heterocycles. The Bertz CT molecular complexity index is 93.8. The Morgan fingerprint density at radius 1 is 0.700 bits per heavy atom. The van der Waals surface area contributed by atoms with E-state index in [1.807, 2.05) is 0 Å². The summed E-state index contributed by atoms with van der Waals surface area (Å²) in [6, 6.07) is 0. The fourth-order valence-corrected chi connectivity index (χ4v) is 10.1. The van der Waals surface area contributed by atoms with Gasteiger partial charge in [-0.15, -0.1) is 0 Å². The second-order valence-corrected chi connectivity index (χ2v) is 21.9. The van der Waals surface area contributed by atoms with Gasteiger partial charge in [0.05, 0.1) is 0 Å². The molecule has 1 fully saturated rings. The van der Waals surface area contributed by atoms with Crippen LogP contribution < -0.4 is 0 Å². The van der Waals surface area contributed by atoms with Gasteiger partial charge in [-0.1, -0.05) is 0 Å². The topological polar surface area (TPSA) is 0 Å². The molecule has 0 aromatic heterocycles. The van der Waals surface area contributed by atoms with E-state index < -0.39 is 16.1 Å². The molecule has 1 rings (SSSR count). The average Bonchev–Trinajstić information content (AvgIpc) is 1.81. The third-order valence-electron chi connectivity index (χ3n) is 2.09. The van der Waals surface area contributed by atoms with Crippen molar-refractivity contribution in [3.05, 3.63) is 0 Å². The van der Waals surface area contributed by atoms with E-state index in [0.717, 1.165) is 0 Å². The fraction of sp³-hybridized carbons (Fsp3) is 1.00. The zero-order chi connectivity index (χ0) is 7.45. The number of hydrogen-bond acceptors (Lipinski definition) is 0. The van der Waals surface area contributed by atoms with Crippen molar-refractivity contribution in [3.8, 4) is 0 Å². The minimum absolute atomic E-state index is 1.19. The molecule has 1 aliphatic heterocycles. The molecule has 0 radical (unpaired) electrons. The van der Waals surface area contributed by atoms with E-state index in [1.54, 1.807) is 0 Å². The minimum atomic E-state index is -2.41. The molecule has 1 saturated heterocycles. The van der Waals surface area contributed by atoms with Crippen molar-refractivity contribution in [3.63, 3.8) is 0 Å². The molecule has 10 heavy (non-hydrogen) atoms. The second-order valence-electron chi connectivity index (χ2n) is 3.12. The van der Waals surface area contributed by atoms with Gasteiger partial charge in [-0.05, 0) is 0 Å². The molecule has 0 aliphatic carbocycles. The van der Waals surface area contributed by atoms with E-state index in [-0.39, 0.29) is 0 Å². The first kappa shape index (κ1) is 9.47. The van der Waals surface area contributed by atoms with E-state index in [2.05, 4.69) is 0 Å². The summed E-state index contributed by atoms with van der Waals surface area (Å²) in [5, 5.41) is 0. The molecule has 0 aromatic carbocycles. The Kier molecular flexibility index (Phi) is 4.18. The van der Waals surface area contributed by atoms with Crippen LogP contribution in [-0.2, 0) is 0 Å². The molecule has 0 atom stereocenters. The Labute approximate surface area is 74.6 Å². The van der Waals surface area contributed by atoms with Gasteiger partial charge in [0.1, 0.15) is 0 Å². The Morgan fingerprint density at radius 3 is 1.60 bits per heavy atom. The van der Waals surface area contributed by atoms with Crippen LogP contribution >= 0.6 is 17.8 Å². The number of rotatable bonds is 0. The molecule has 1 aliphatic rings. The van der Waals surface area contributed by atoms with Gasteiger partial charge < -0.3 is 0 Å². The summed E-state index contributed by atoms with van der Waals surface area (Å²) in [5.74, 6) is 0. The van der Waals surface area contributed by atoms with Crippen molar-refractivity contribution in [1.29, 1.82) is 0 Å². The maximum atomic E-state index is 6.22. The third-order valence-corrected chi connectivity index (χ3v) is 13.3. The predicted octanol–water partition coefficient (Wildman–Crippen LogP) is 3.87. The fourth-order valence-electron chi connectivity index (χ4n) is 1.42. The molecule has 0 bridgehead atoms. The van der Waals surface area contributed by atoms with Crippen LogP contribution in [0.3, 0.4) is 0 Å². The maximum absolute atomic E-state index is 6.22. The zero-order valence-corrected chi connectivity index (χ0v) is 10.6. The van der Waals surface area contributed by atoms with Crippen molar-refractivity contribution >= 4 is 34.0 Å². The Morgan fingerprint density at radius 2 is 1.10 bits per heavy atom. The molecule has 0 aromatic rings. The molecule has 0 N–H and O–H groups in total. The number of hydrogen-bond donors (Lipinski definition) is 0. The molecule has 0 spiro atoms. The predicted molar refractivity (Wildman–Crippen MR) is 50.2 cm³/mol. The molecule has 60 valence electrons. The van der Waals surface area contributed by atoms with Crippen LogP contribution in [0.4, 0.5) is 0 Å². The first-order chi connectivity index (χ1) is 4.71. The van der Waals surface area contributed by atoms with Crippen molar-refractivity contribution in [2.75, 3.05) is 0 Å². The molecule has 3 heteroatoms. The molecule has 0 unspecified atom stereocenters. The molecule has 0 amide bonds. The van der Waals surface area contributed by atoms with Gasteiger partial charge in [0.15, 0.2) is 0 Å². The Hall–Kier alpha value is 1.38. The first-order valence-electron chi connectivity index (χ1n) is 4.09. The molecule has 0 saturated carbocycles. The van der Waals surface area contributed by atoms with Crippen LogP contribution in [0, 0.1) is 0 Å². The molecular weight excluding hydrogens is 274 g/mol. The van der Waals surface area contributed by atoms with E-state index in [9.17, 15) is 0 Å². The van der Waals surface area contributed by atoms with Crippen LogP contribution in [0.5, 0.6) is 0 Å². The quantitative estimate of drug-likeness (QED) is 0.593. The van der Waals surface area contributed by atoms with E-state index in [4.69, 9.17) is 17.8 Å². The van der Waals surface area contributed by atoms with Gasteiger partial charge in [-0.3, -0.25) is 0 Å². The van der Waals surface area contributed by atoms with Gasteiger partial charge >= 0.3 is 74.9 Å². The van der Waals surface area contributed by atoms with Crippen molar-refractivity contribution < 1.29 is 0 Å². The average molecular weight is 288 g/mol. The van der Waals surface area contributed by atoms with Gasteiger partial charge in [0.25, 0.3) is 0 Å². The van der Waals surface area contributed by atoms with Crippen LogP contribution in [0.25, 0.3) is 0 Å². The van der Waals surface area contributed by atoms with E-state index in [1.165, 1.54) is 41.0 Å². The SMILES string of the molecule is [Cl][Sn]1([Cl])[CH2]CCCCC[CH2]1. The van der Waals surface area contributed by atoms with E-state index >= 15 is 0 Å². The summed E-state index contributed by atoms with van der Waals surface area (Å²) in [6.45, 7) is 0. The third kappa shape index (κ3) is 3.68.